The minimum Gasteiger partial charge on any atom is -0.493 e. The molecular formula is C27H30O11. The molecule has 1 aromatic carbocycles. The van der Waals surface area contributed by atoms with Gasteiger partial charge in [0.25, 0.3) is 0 Å². The smallest absolute Gasteiger partial charge is 0.357 e. The lowest BCUT2D eigenvalue weighted by Crippen LogP contribution is -2.69. The third-order valence-corrected chi connectivity index (χ3v) is 8.49. The lowest BCUT2D eigenvalue weighted by molar-refractivity contribution is -0.190. The SMILES string of the molecule is COc1ccc2c3c1O[C@H]1C(OC(=O)[C@H](OC(C)=O)[C@@H](OC(C)=O)C(=O)O)=CC[C@@]4(O)[C@@H](C2)C(C)CCC314. The van der Waals surface area contributed by atoms with Crippen LogP contribution in [0, 0.1) is 11.8 Å². The van der Waals surface area contributed by atoms with Crippen LogP contribution in [-0.2, 0) is 45.2 Å². The molecule has 1 fully saturated rings. The first kappa shape index (κ1) is 26.0. The molecular weight excluding hydrogens is 500 g/mol. The lowest BCUT2D eigenvalue weighted by Gasteiger charge is -2.61. The Balaban J connectivity index is 1.56. The van der Waals surface area contributed by atoms with Crippen molar-refractivity contribution in [2.24, 2.45) is 11.8 Å². The van der Waals surface area contributed by atoms with Crippen LogP contribution in [0.2, 0.25) is 0 Å². The second-order valence-corrected chi connectivity index (χ2v) is 10.5. The average molecular weight is 531 g/mol. The molecule has 0 radical (unpaired) electrons. The third-order valence-electron chi connectivity index (χ3n) is 8.49. The molecule has 2 bridgehead atoms. The van der Waals surface area contributed by atoms with Crippen molar-refractivity contribution in [2.45, 2.75) is 75.8 Å². The van der Waals surface area contributed by atoms with Gasteiger partial charge in [0.2, 0.25) is 12.2 Å². The summed E-state index contributed by atoms with van der Waals surface area (Å²) >= 11 is 0. The molecule has 2 unspecified atom stereocenters. The zero-order chi connectivity index (χ0) is 27.6. The van der Waals surface area contributed by atoms with Gasteiger partial charge in [-0.05, 0) is 55.2 Å². The van der Waals surface area contributed by atoms with E-state index in [4.69, 9.17) is 23.7 Å². The van der Waals surface area contributed by atoms with Crippen molar-refractivity contribution in [1.82, 2.24) is 0 Å². The first-order valence-corrected chi connectivity index (χ1v) is 12.5. The van der Waals surface area contributed by atoms with Crippen LogP contribution in [0.5, 0.6) is 11.5 Å². The highest BCUT2D eigenvalue weighted by Crippen LogP contribution is 2.68. The highest BCUT2D eigenvalue weighted by Gasteiger charge is 2.72. The summed E-state index contributed by atoms with van der Waals surface area (Å²) in [5.41, 5.74) is -0.220. The van der Waals surface area contributed by atoms with Gasteiger partial charge in [0.05, 0.1) is 18.1 Å². The second-order valence-electron chi connectivity index (χ2n) is 10.5. The molecule has 1 aromatic rings. The maximum atomic E-state index is 13.3. The monoisotopic (exact) mass is 530 g/mol. The van der Waals surface area contributed by atoms with Crippen LogP contribution in [0.3, 0.4) is 0 Å². The molecule has 11 heteroatoms. The summed E-state index contributed by atoms with van der Waals surface area (Å²) < 4.78 is 27.3. The Morgan fingerprint density at radius 2 is 1.79 bits per heavy atom. The fourth-order valence-corrected chi connectivity index (χ4v) is 6.97. The van der Waals surface area contributed by atoms with Crippen molar-refractivity contribution in [3.05, 3.63) is 35.1 Å². The normalized spacial score (nSPS) is 31.5. The highest BCUT2D eigenvalue weighted by molar-refractivity contribution is 5.88. The van der Waals surface area contributed by atoms with Crippen LogP contribution < -0.4 is 9.47 Å². The quantitative estimate of drug-likeness (QED) is 0.392. The van der Waals surface area contributed by atoms with Gasteiger partial charge in [-0.2, -0.15) is 0 Å². The summed E-state index contributed by atoms with van der Waals surface area (Å²) in [6.45, 7) is 4.08. The molecule has 0 aromatic heterocycles. The third kappa shape index (κ3) is 3.58. The summed E-state index contributed by atoms with van der Waals surface area (Å²) in [5.74, 6) is -3.68. The maximum absolute atomic E-state index is 13.3. The molecule has 11 nitrogen and oxygen atoms in total. The van der Waals surface area contributed by atoms with Crippen LogP contribution in [0.1, 0.15) is 51.2 Å². The summed E-state index contributed by atoms with van der Waals surface area (Å²) in [6.07, 6.45) is -1.31. The molecule has 0 amide bonds. The molecule has 7 atom stereocenters. The van der Waals surface area contributed by atoms with E-state index in [1.54, 1.807) is 6.08 Å². The first-order valence-electron chi connectivity index (χ1n) is 12.5. The number of aliphatic carboxylic acids is 1. The van der Waals surface area contributed by atoms with Crippen molar-refractivity contribution in [1.29, 1.82) is 0 Å². The molecule has 4 aliphatic rings. The molecule has 2 N–H and O–H groups in total. The summed E-state index contributed by atoms with van der Waals surface area (Å²) in [6, 6.07) is 3.79. The predicted octanol–water partition coefficient (Wildman–Crippen LogP) is 1.81. The molecule has 1 aliphatic heterocycles. The van der Waals surface area contributed by atoms with Crippen LogP contribution in [0.25, 0.3) is 0 Å². The number of carboxylic acids is 1. The van der Waals surface area contributed by atoms with Crippen LogP contribution in [-0.4, -0.2) is 65.1 Å². The fourth-order valence-electron chi connectivity index (χ4n) is 6.97. The summed E-state index contributed by atoms with van der Waals surface area (Å²) in [5, 5.41) is 21.8. The van der Waals surface area contributed by atoms with E-state index in [9.17, 15) is 29.4 Å². The van der Waals surface area contributed by atoms with Gasteiger partial charge >= 0.3 is 23.9 Å². The zero-order valence-corrected chi connectivity index (χ0v) is 21.5. The van der Waals surface area contributed by atoms with Gasteiger partial charge < -0.3 is 33.9 Å². The van der Waals surface area contributed by atoms with E-state index in [2.05, 4.69) is 6.92 Å². The molecule has 204 valence electrons. The van der Waals surface area contributed by atoms with Gasteiger partial charge in [-0.1, -0.05) is 13.0 Å². The van der Waals surface area contributed by atoms with Gasteiger partial charge in [-0.25, -0.2) is 9.59 Å². The number of hydrogen-bond donors (Lipinski definition) is 2. The lowest BCUT2D eigenvalue weighted by atomic mass is 9.45. The Labute approximate surface area is 218 Å². The number of rotatable bonds is 7. The predicted molar refractivity (Wildman–Crippen MR) is 127 cm³/mol. The molecule has 5 rings (SSSR count). The van der Waals surface area contributed by atoms with Crippen LogP contribution in [0.4, 0.5) is 0 Å². The average Bonchev–Trinajstić information content (AvgIpc) is 3.20. The topological polar surface area (TPSA) is 155 Å². The number of benzene rings is 1. The number of carbonyl (C=O) groups excluding carboxylic acids is 3. The van der Waals surface area contributed by atoms with Gasteiger partial charge in [0.15, 0.2) is 17.6 Å². The number of carboxylic acid groups (broad SMARTS) is 1. The molecule has 0 saturated heterocycles. The number of carbonyl (C=O) groups is 4. The van der Waals surface area contributed by atoms with Gasteiger partial charge in [-0.3, -0.25) is 9.59 Å². The first-order chi connectivity index (χ1) is 17.9. The van der Waals surface area contributed by atoms with E-state index >= 15 is 0 Å². The van der Waals surface area contributed by atoms with E-state index in [0.717, 1.165) is 31.4 Å². The standard InChI is InChI=1S/C27H30O11/c1-12-7-9-26-19-15-5-6-17(34-4)20(19)38-23(26)18(8-10-27(26,33)16(12)11-15)37-25(32)22(36-14(3)29)21(24(30)31)35-13(2)28/h5-6,8,12,16,21-23,33H,7,9-11H2,1-4H3,(H,30,31)/t12?,16-,21+,22+,23-,26?,27+/m0/s1. The van der Waals surface area contributed by atoms with Crippen molar-refractivity contribution in [3.8, 4) is 11.5 Å². The Kier molecular flexibility index (Phi) is 6.17. The molecule has 3 aliphatic carbocycles. The Morgan fingerprint density at radius 3 is 2.42 bits per heavy atom. The number of ether oxygens (including phenoxy) is 5. The summed E-state index contributed by atoms with van der Waals surface area (Å²) in [7, 11) is 1.52. The van der Waals surface area contributed by atoms with Crippen molar-refractivity contribution >= 4 is 23.9 Å². The number of esters is 3. The van der Waals surface area contributed by atoms with E-state index in [1.165, 1.54) is 7.11 Å². The van der Waals surface area contributed by atoms with Crippen LogP contribution in [0.15, 0.2) is 24.0 Å². The Hall–Kier alpha value is -3.60. The van der Waals surface area contributed by atoms with E-state index in [-0.39, 0.29) is 24.0 Å². The zero-order valence-electron chi connectivity index (χ0n) is 21.5. The van der Waals surface area contributed by atoms with E-state index in [0.29, 0.717) is 24.3 Å². The van der Waals surface area contributed by atoms with Gasteiger partial charge in [-0.15, -0.1) is 0 Å². The van der Waals surface area contributed by atoms with E-state index < -0.39 is 53.2 Å². The summed E-state index contributed by atoms with van der Waals surface area (Å²) in [4.78, 5) is 48.3. The number of aliphatic hydroxyl groups is 1. The molecule has 38 heavy (non-hydrogen) atoms. The second kappa shape index (κ2) is 9.00. The number of methoxy groups -OCH3 is 1. The minimum absolute atomic E-state index is 0.0585. The van der Waals surface area contributed by atoms with Gasteiger partial charge in [0.1, 0.15) is 5.76 Å². The van der Waals surface area contributed by atoms with Crippen molar-refractivity contribution in [3.63, 3.8) is 0 Å². The Bertz CT molecular complexity index is 1250. The number of hydrogen-bond acceptors (Lipinski definition) is 10. The maximum Gasteiger partial charge on any atom is 0.357 e. The fraction of sp³-hybridized carbons (Fsp3) is 0.556. The largest absolute Gasteiger partial charge is 0.493 e. The Morgan fingerprint density at radius 1 is 1.11 bits per heavy atom. The van der Waals surface area contributed by atoms with Crippen molar-refractivity contribution < 1.29 is 53.1 Å². The minimum atomic E-state index is -2.12. The molecule has 1 heterocycles. The van der Waals surface area contributed by atoms with Crippen molar-refractivity contribution in [2.75, 3.05) is 7.11 Å². The van der Waals surface area contributed by atoms with Gasteiger partial charge in [0, 0.05) is 19.4 Å². The molecule has 1 spiro atoms. The highest BCUT2D eigenvalue weighted by atomic mass is 16.6. The van der Waals surface area contributed by atoms with E-state index in [1.807, 2.05) is 12.1 Å². The molecule has 1 saturated carbocycles. The van der Waals surface area contributed by atoms with Crippen LogP contribution >= 0.6 is 0 Å².